The van der Waals surface area contributed by atoms with Crippen LogP contribution in [-0.4, -0.2) is 22.4 Å². The van der Waals surface area contributed by atoms with E-state index in [1.807, 2.05) is 18.2 Å². The summed E-state index contributed by atoms with van der Waals surface area (Å²) in [5, 5.41) is 2.96. The van der Waals surface area contributed by atoms with Crippen molar-refractivity contribution in [2.24, 2.45) is 17.6 Å². The van der Waals surface area contributed by atoms with Gasteiger partial charge in [0.15, 0.2) is 0 Å². The molecule has 1 aromatic carbocycles. The van der Waals surface area contributed by atoms with Gasteiger partial charge < -0.3 is 15.8 Å². The summed E-state index contributed by atoms with van der Waals surface area (Å²) in [5.74, 6) is 1.34. The van der Waals surface area contributed by atoms with Crippen LogP contribution in [0.4, 0.5) is 5.69 Å². The van der Waals surface area contributed by atoms with Gasteiger partial charge in [-0.3, -0.25) is 9.78 Å². The highest BCUT2D eigenvalue weighted by atomic mass is 35.5. The molecule has 0 radical (unpaired) electrons. The smallest absolute Gasteiger partial charge is 0.237 e. The normalized spacial score (nSPS) is 19.4. The lowest BCUT2D eigenvalue weighted by molar-refractivity contribution is -0.120. The van der Waals surface area contributed by atoms with Gasteiger partial charge >= 0.3 is 0 Å². The fourth-order valence-electron chi connectivity index (χ4n) is 3.00. The van der Waals surface area contributed by atoms with Gasteiger partial charge in [0.2, 0.25) is 11.8 Å². The molecular weight excluding hydrogens is 328 g/mol. The first-order valence-corrected chi connectivity index (χ1v) is 7.81. The fourth-order valence-corrected chi connectivity index (χ4v) is 3.00. The summed E-state index contributed by atoms with van der Waals surface area (Å²) in [4.78, 5) is 20.4. The van der Waals surface area contributed by atoms with Crippen molar-refractivity contribution in [3.8, 4) is 11.6 Å². The molecule has 1 heterocycles. The number of ether oxygens (including phenoxy) is 1. The van der Waals surface area contributed by atoms with Crippen LogP contribution in [0.3, 0.4) is 0 Å². The monoisotopic (exact) mass is 348 g/mol. The van der Waals surface area contributed by atoms with E-state index in [1.165, 1.54) is 6.20 Å². The number of benzene rings is 1. The minimum Gasteiger partial charge on any atom is -0.437 e. The molecule has 1 aromatic heterocycles. The van der Waals surface area contributed by atoms with Crippen molar-refractivity contribution in [3.05, 3.63) is 42.9 Å². The van der Waals surface area contributed by atoms with Crippen molar-refractivity contribution < 1.29 is 9.53 Å². The predicted octanol–water partition coefficient (Wildman–Crippen LogP) is 3.00. The van der Waals surface area contributed by atoms with E-state index in [0.717, 1.165) is 19.3 Å². The SMILES string of the molecule is Cl.NC[C@H]1CCC[C@H]1C(=O)Nc1cccc(Oc2cnccn2)c1. The van der Waals surface area contributed by atoms with Gasteiger partial charge in [-0.25, -0.2) is 4.98 Å². The van der Waals surface area contributed by atoms with Crippen molar-refractivity contribution >= 4 is 24.0 Å². The molecule has 1 fully saturated rings. The van der Waals surface area contributed by atoms with Gasteiger partial charge in [0.05, 0.1) is 6.20 Å². The Hall–Kier alpha value is -2.18. The maximum absolute atomic E-state index is 12.4. The predicted molar refractivity (Wildman–Crippen MR) is 94.3 cm³/mol. The second-order valence-corrected chi connectivity index (χ2v) is 5.70. The van der Waals surface area contributed by atoms with Gasteiger partial charge in [0, 0.05) is 30.1 Å². The molecule has 128 valence electrons. The van der Waals surface area contributed by atoms with Crippen molar-refractivity contribution in [1.29, 1.82) is 0 Å². The second kappa shape index (κ2) is 8.61. The third-order valence-electron chi connectivity index (χ3n) is 4.16. The van der Waals surface area contributed by atoms with Gasteiger partial charge in [-0.15, -0.1) is 12.4 Å². The van der Waals surface area contributed by atoms with Crippen LogP contribution in [0.5, 0.6) is 11.6 Å². The summed E-state index contributed by atoms with van der Waals surface area (Å²) in [6.45, 7) is 0.563. The Morgan fingerprint density at radius 3 is 2.96 bits per heavy atom. The molecule has 2 aromatic rings. The van der Waals surface area contributed by atoms with Crippen LogP contribution in [0.25, 0.3) is 0 Å². The number of aromatic nitrogens is 2. The molecule has 2 atom stereocenters. The highest BCUT2D eigenvalue weighted by molar-refractivity contribution is 5.93. The third-order valence-corrected chi connectivity index (χ3v) is 4.16. The summed E-state index contributed by atoms with van der Waals surface area (Å²) in [7, 11) is 0. The van der Waals surface area contributed by atoms with Crippen molar-refractivity contribution in [2.75, 3.05) is 11.9 Å². The number of hydrogen-bond acceptors (Lipinski definition) is 5. The lowest BCUT2D eigenvalue weighted by Crippen LogP contribution is -2.29. The van der Waals surface area contributed by atoms with Crippen LogP contribution in [0.2, 0.25) is 0 Å². The number of hydrogen-bond donors (Lipinski definition) is 2. The average Bonchev–Trinajstić information content (AvgIpc) is 3.05. The maximum atomic E-state index is 12.4. The van der Waals surface area contributed by atoms with Gasteiger partial charge in [-0.1, -0.05) is 12.5 Å². The Balaban J connectivity index is 0.00000208. The quantitative estimate of drug-likeness (QED) is 0.866. The Labute approximate surface area is 147 Å². The molecule has 0 aliphatic heterocycles. The summed E-state index contributed by atoms with van der Waals surface area (Å²) in [6.07, 6.45) is 7.69. The van der Waals surface area contributed by atoms with Crippen LogP contribution in [-0.2, 0) is 4.79 Å². The van der Waals surface area contributed by atoms with Crippen LogP contribution >= 0.6 is 12.4 Å². The van der Waals surface area contributed by atoms with E-state index in [4.69, 9.17) is 10.5 Å². The molecule has 0 unspecified atom stereocenters. The van der Waals surface area contributed by atoms with Crippen molar-refractivity contribution in [3.63, 3.8) is 0 Å². The van der Waals surface area contributed by atoms with Crippen LogP contribution < -0.4 is 15.8 Å². The molecule has 0 bridgehead atoms. The topological polar surface area (TPSA) is 90.1 Å². The van der Waals surface area contributed by atoms with Crippen LogP contribution in [0.1, 0.15) is 19.3 Å². The van der Waals surface area contributed by atoms with Crippen molar-refractivity contribution in [2.45, 2.75) is 19.3 Å². The highest BCUT2D eigenvalue weighted by Gasteiger charge is 2.31. The number of carbonyl (C=O) groups is 1. The molecular formula is C17H21ClN4O2. The minimum atomic E-state index is 0. The molecule has 1 saturated carbocycles. The number of halogens is 1. The number of nitrogens with two attached hydrogens (primary N) is 1. The highest BCUT2D eigenvalue weighted by Crippen LogP contribution is 2.32. The van der Waals surface area contributed by atoms with Gasteiger partial charge in [0.25, 0.3) is 0 Å². The maximum Gasteiger partial charge on any atom is 0.237 e. The van der Waals surface area contributed by atoms with Gasteiger partial charge in [-0.2, -0.15) is 0 Å². The summed E-state index contributed by atoms with van der Waals surface area (Å²) >= 11 is 0. The molecule has 1 amide bonds. The first-order valence-electron chi connectivity index (χ1n) is 7.81. The molecule has 0 saturated heterocycles. The first-order chi connectivity index (χ1) is 11.3. The van der Waals surface area contributed by atoms with E-state index in [1.54, 1.807) is 18.5 Å². The summed E-state index contributed by atoms with van der Waals surface area (Å²) in [6, 6.07) is 7.26. The van der Waals surface area contributed by atoms with Crippen LogP contribution in [0.15, 0.2) is 42.9 Å². The molecule has 3 rings (SSSR count). The van der Waals surface area contributed by atoms with E-state index < -0.39 is 0 Å². The summed E-state index contributed by atoms with van der Waals surface area (Å²) < 4.78 is 5.62. The molecule has 1 aliphatic carbocycles. The Bertz CT molecular complexity index is 669. The van der Waals surface area contributed by atoms with Gasteiger partial charge in [0.1, 0.15) is 5.75 Å². The number of anilines is 1. The largest absolute Gasteiger partial charge is 0.437 e. The first kappa shape index (κ1) is 18.2. The zero-order chi connectivity index (χ0) is 16.1. The molecule has 0 spiro atoms. The number of carbonyl (C=O) groups excluding carboxylic acids is 1. The Kier molecular flexibility index (Phi) is 6.52. The second-order valence-electron chi connectivity index (χ2n) is 5.70. The Morgan fingerprint density at radius 2 is 2.21 bits per heavy atom. The number of nitrogens with zero attached hydrogens (tertiary/aromatic N) is 2. The molecule has 1 aliphatic rings. The van der Waals surface area contributed by atoms with Crippen LogP contribution in [0, 0.1) is 11.8 Å². The zero-order valence-electron chi connectivity index (χ0n) is 13.2. The number of rotatable bonds is 5. The van der Waals surface area contributed by atoms with E-state index in [-0.39, 0.29) is 30.2 Å². The van der Waals surface area contributed by atoms with Gasteiger partial charge in [-0.05, 0) is 37.4 Å². The summed E-state index contributed by atoms with van der Waals surface area (Å²) in [5.41, 5.74) is 6.46. The lowest BCUT2D eigenvalue weighted by atomic mass is 9.95. The van der Waals surface area contributed by atoms with E-state index in [0.29, 0.717) is 23.9 Å². The Morgan fingerprint density at radius 1 is 1.33 bits per heavy atom. The molecule has 24 heavy (non-hydrogen) atoms. The molecule has 7 heteroatoms. The fraction of sp³-hybridized carbons (Fsp3) is 0.353. The third kappa shape index (κ3) is 4.43. The standard InChI is InChI=1S/C17H20N4O2.ClH/c18-10-12-3-1-6-15(12)17(22)21-13-4-2-5-14(9-13)23-16-11-19-7-8-20-16;/h2,4-5,7-9,11-12,15H,1,3,6,10,18H2,(H,21,22);1H/t12-,15-;/m1./s1. The minimum absolute atomic E-state index is 0. The van der Waals surface area contributed by atoms with E-state index in [9.17, 15) is 4.79 Å². The lowest BCUT2D eigenvalue weighted by Gasteiger charge is -2.17. The van der Waals surface area contributed by atoms with Crippen molar-refractivity contribution in [1.82, 2.24) is 9.97 Å². The van der Waals surface area contributed by atoms with E-state index >= 15 is 0 Å². The number of amides is 1. The average molecular weight is 349 g/mol. The molecule has 6 nitrogen and oxygen atoms in total. The molecule has 3 N–H and O–H groups in total. The number of nitrogens with one attached hydrogen (secondary N) is 1. The van der Waals surface area contributed by atoms with E-state index in [2.05, 4.69) is 15.3 Å². The zero-order valence-corrected chi connectivity index (χ0v) is 14.0.